The molecule has 1 aliphatic heterocycles. The molecule has 0 saturated carbocycles. The molecule has 136 valence electrons. The van der Waals surface area contributed by atoms with Crippen molar-refractivity contribution >= 4 is 30.4 Å². The first-order chi connectivity index (χ1) is 13.1. The Kier molecular flexibility index (Phi) is 4.76. The molecule has 27 heavy (non-hydrogen) atoms. The molecule has 1 aliphatic rings. The van der Waals surface area contributed by atoms with E-state index >= 15 is 0 Å². The number of rotatable bonds is 3. The summed E-state index contributed by atoms with van der Waals surface area (Å²) in [6.45, 7) is 4.43. The molecule has 3 nitrogen and oxygen atoms in total. The summed E-state index contributed by atoms with van der Waals surface area (Å²) in [4.78, 5) is 6.95. The van der Waals surface area contributed by atoms with Gasteiger partial charge in [-0.2, -0.15) is 0 Å². The van der Waals surface area contributed by atoms with Crippen LogP contribution in [0, 0.1) is 12.7 Å². The highest BCUT2D eigenvalue weighted by Crippen LogP contribution is 2.26. The molecule has 0 spiro atoms. The maximum absolute atomic E-state index is 13.4. The van der Waals surface area contributed by atoms with Crippen LogP contribution in [0.5, 0.6) is 0 Å². The van der Waals surface area contributed by atoms with E-state index in [1.165, 1.54) is 34.5 Å². The Morgan fingerprint density at radius 3 is 1.44 bits per heavy atom. The summed E-state index contributed by atoms with van der Waals surface area (Å²) in [6, 6.07) is 24.0. The van der Waals surface area contributed by atoms with E-state index in [-0.39, 0.29) is 5.82 Å². The second-order valence-electron chi connectivity index (χ2n) is 7.19. The first-order valence-corrected chi connectivity index (χ1v) is 9.22. The predicted molar refractivity (Wildman–Crippen MR) is 114 cm³/mol. The van der Waals surface area contributed by atoms with Crippen molar-refractivity contribution in [1.29, 1.82) is 0 Å². The van der Waals surface area contributed by atoms with E-state index in [2.05, 4.69) is 78.0 Å². The van der Waals surface area contributed by atoms with Crippen molar-refractivity contribution in [3.63, 3.8) is 0 Å². The van der Waals surface area contributed by atoms with Crippen molar-refractivity contribution in [2.45, 2.75) is 6.92 Å². The largest absolute Gasteiger partial charge is 0.336 e. The quantitative estimate of drug-likeness (QED) is 0.666. The normalized spacial score (nSPS) is 14.5. The van der Waals surface area contributed by atoms with Gasteiger partial charge in [-0.05, 0) is 55.5 Å². The molecule has 5 heteroatoms. The third kappa shape index (κ3) is 3.92. The third-order valence-corrected chi connectivity index (χ3v) is 5.01. The Hall–Kier alpha value is -2.95. The molecular weight excluding hydrogens is 336 g/mol. The van der Waals surface area contributed by atoms with Crippen molar-refractivity contribution in [3.8, 4) is 0 Å². The zero-order chi connectivity index (χ0) is 18.8. The number of anilines is 3. The van der Waals surface area contributed by atoms with Crippen molar-refractivity contribution in [3.05, 3.63) is 84.2 Å². The van der Waals surface area contributed by atoms with Gasteiger partial charge in [0.2, 0.25) is 0 Å². The highest BCUT2D eigenvalue weighted by Gasteiger charge is 2.24. The zero-order valence-corrected chi connectivity index (χ0v) is 15.8. The minimum absolute atomic E-state index is 0.207. The van der Waals surface area contributed by atoms with Crippen LogP contribution in [-0.2, 0) is 0 Å². The summed E-state index contributed by atoms with van der Waals surface area (Å²) in [5.41, 5.74) is 5.89. The summed E-state index contributed by atoms with van der Waals surface area (Å²) in [6.07, 6.45) is 0. The SMILES string of the molecule is Bc1ccc(N2CN(c3ccc(C)cc3)CN(c3ccc(F)cc3)C2)cc1. The molecule has 0 unspecified atom stereocenters. The molecule has 1 fully saturated rings. The number of hydrogen-bond acceptors (Lipinski definition) is 3. The van der Waals surface area contributed by atoms with Crippen LogP contribution >= 0.6 is 0 Å². The lowest BCUT2D eigenvalue weighted by atomic mass is 9.96. The first kappa shape index (κ1) is 17.5. The van der Waals surface area contributed by atoms with Crippen molar-refractivity contribution in [1.82, 2.24) is 0 Å². The van der Waals surface area contributed by atoms with Crippen LogP contribution in [0.1, 0.15) is 5.56 Å². The smallest absolute Gasteiger partial charge is 0.139 e. The summed E-state index contributed by atoms with van der Waals surface area (Å²) < 4.78 is 13.4. The third-order valence-electron chi connectivity index (χ3n) is 5.01. The van der Waals surface area contributed by atoms with Crippen LogP contribution in [0.2, 0.25) is 0 Å². The van der Waals surface area contributed by atoms with Crippen LogP contribution in [0.15, 0.2) is 72.8 Å². The average molecular weight is 359 g/mol. The molecule has 1 saturated heterocycles. The standard InChI is InChI=1S/C22H23BFN3/c1-17-2-8-20(9-3-17)25-14-26(21-10-4-18(23)5-11-21)16-27(15-25)22-12-6-19(24)7-13-22/h2-13H,14-16,23H2,1H3. The summed E-state index contributed by atoms with van der Waals surface area (Å²) in [7, 11) is 2.10. The molecule has 0 aliphatic carbocycles. The summed E-state index contributed by atoms with van der Waals surface area (Å²) in [5, 5.41) is 0. The van der Waals surface area contributed by atoms with Gasteiger partial charge in [0.1, 0.15) is 13.7 Å². The van der Waals surface area contributed by atoms with Gasteiger partial charge in [0.25, 0.3) is 0 Å². The Balaban J connectivity index is 1.66. The maximum Gasteiger partial charge on any atom is 0.139 e. The second-order valence-corrected chi connectivity index (χ2v) is 7.19. The van der Waals surface area contributed by atoms with Gasteiger partial charge in [-0.15, -0.1) is 0 Å². The minimum Gasteiger partial charge on any atom is -0.336 e. The van der Waals surface area contributed by atoms with E-state index < -0.39 is 0 Å². The fourth-order valence-corrected chi connectivity index (χ4v) is 3.41. The Morgan fingerprint density at radius 1 is 0.630 bits per heavy atom. The van der Waals surface area contributed by atoms with E-state index in [1.54, 1.807) is 0 Å². The lowest BCUT2D eigenvalue weighted by Gasteiger charge is -2.45. The van der Waals surface area contributed by atoms with Gasteiger partial charge in [-0.25, -0.2) is 4.39 Å². The van der Waals surface area contributed by atoms with Gasteiger partial charge in [0, 0.05) is 17.1 Å². The Morgan fingerprint density at radius 2 is 1.00 bits per heavy atom. The number of nitrogens with zero attached hydrogens (tertiary/aromatic N) is 3. The second kappa shape index (κ2) is 7.35. The van der Waals surface area contributed by atoms with Gasteiger partial charge in [-0.3, -0.25) is 0 Å². The molecule has 0 amide bonds. The molecule has 0 radical (unpaired) electrons. The van der Waals surface area contributed by atoms with Crippen LogP contribution in [-0.4, -0.2) is 27.9 Å². The van der Waals surface area contributed by atoms with Gasteiger partial charge in [0.05, 0.1) is 20.0 Å². The van der Waals surface area contributed by atoms with Crippen LogP contribution < -0.4 is 20.2 Å². The monoisotopic (exact) mass is 359 g/mol. The molecule has 4 rings (SSSR count). The number of halogens is 1. The fourth-order valence-electron chi connectivity index (χ4n) is 3.41. The molecule has 0 aromatic heterocycles. The van der Waals surface area contributed by atoms with Gasteiger partial charge in [-0.1, -0.05) is 35.3 Å². The van der Waals surface area contributed by atoms with Crippen LogP contribution in [0.3, 0.4) is 0 Å². The molecule has 0 bridgehead atoms. The summed E-state index contributed by atoms with van der Waals surface area (Å²) >= 11 is 0. The number of aryl methyl sites for hydroxylation is 1. The predicted octanol–water partition coefficient (Wildman–Crippen LogP) is 3.10. The summed E-state index contributed by atoms with van der Waals surface area (Å²) in [5.74, 6) is -0.207. The van der Waals surface area contributed by atoms with E-state index in [9.17, 15) is 4.39 Å². The van der Waals surface area contributed by atoms with E-state index in [0.29, 0.717) is 0 Å². The topological polar surface area (TPSA) is 9.72 Å². The van der Waals surface area contributed by atoms with E-state index in [0.717, 1.165) is 25.7 Å². The maximum atomic E-state index is 13.4. The van der Waals surface area contributed by atoms with Crippen LogP contribution in [0.4, 0.5) is 21.5 Å². The van der Waals surface area contributed by atoms with Crippen molar-refractivity contribution in [2.24, 2.45) is 0 Å². The zero-order valence-electron chi connectivity index (χ0n) is 15.8. The Bertz CT molecular complexity index is 766. The van der Waals surface area contributed by atoms with Gasteiger partial charge in [0.15, 0.2) is 0 Å². The molecular formula is C22H23BFN3. The lowest BCUT2D eigenvalue weighted by Crippen LogP contribution is -2.55. The molecule has 0 N–H and O–H groups in total. The lowest BCUT2D eigenvalue weighted by molar-refractivity contribution is 0.607. The fraction of sp³-hybridized carbons (Fsp3) is 0.182. The average Bonchev–Trinajstić information content (AvgIpc) is 2.69. The molecule has 3 aromatic rings. The van der Waals surface area contributed by atoms with Crippen LogP contribution in [0.25, 0.3) is 0 Å². The first-order valence-electron chi connectivity index (χ1n) is 9.22. The van der Waals surface area contributed by atoms with Gasteiger partial charge >= 0.3 is 0 Å². The number of hydrogen-bond donors (Lipinski definition) is 0. The molecule has 1 heterocycles. The highest BCUT2D eigenvalue weighted by atomic mass is 19.1. The highest BCUT2D eigenvalue weighted by molar-refractivity contribution is 6.32. The van der Waals surface area contributed by atoms with E-state index in [1.807, 2.05) is 12.1 Å². The molecule has 3 aromatic carbocycles. The van der Waals surface area contributed by atoms with Crippen molar-refractivity contribution < 1.29 is 4.39 Å². The molecule has 0 atom stereocenters. The van der Waals surface area contributed by atoms with Crippen molar-refractivity contribution in [2.75, 3.05) is 34.7 Å². The van der Waals surface area contributed by atoms with Gasteiger partial charge < -0.3 is 14.7 Å². The van der Waals surface area contributed by atoms with E-state index in [4.69, 9.17) is 0 Å². The Labute approximate surface area is 161 Å². The number of benzene rings is 3. The minimum atomic E-state index is -0.207.